The number of aryl methyl sites for hydroxylation is 1. The van der Waals surface area contributed by atoms with Crippen LogP contribution < -0.4 is 16.4 Å². The predicted molar refractivity (Wildman–Crippen MR) is 72.8 cm³/mol. The van der Waals surface area contributed by atoms with Gasteiger partial charge in [-0.25, -0.2) is 4.79 Å². The van der Waals surface area contributed by atoms with Crippen LogP contribution in [0.3, 0.4) is 0 Å². The van der Waals surface area contributed by atoms with E-state index in [1.807, 2.05) is 0 Å². The maximum atomic E-state index is 11.8. The second kappa shape index (κ2) is 6.58. The van der Waals surface area contributed by atoms with Crippen molar-refractivity contribution in [3.8, 4) is 0 Å². The molecule has 1 heterocycles. The molecule has 1 rings (SSSR count). The maximum Gasteiger partial charge on any atom is 0.316 e. The van der Waals surface area contributed by atoms with Gasteiger partial charge in [0.05, 0.1) is 5.56 Å². The highest BCUT2D eigenvalue weighted by molar-refractivity contribution is 5.98. The Bertz CT molecular complexity index is 473. The summed E-state index contributed by atoms with van der Waals surface area (Å²) in [6.07, 6.45) is 1.44. The number of amides is 3. The monoisotopic (exact) mass is 265 g/mol. The lowest BCUT2D eigenvalue weighted by molar-refractivity contribution is 0.0954. The number of carbonyl (C=O) groups is 2. The normalized spacial score (nSPS) is 9.84. The number of urea groups is 1. The second-order valence-corrected chi connectivity index (χ2v) is 4.30. The van der Waals surface area contributed by atoms with Crippen LogP contribution in [-0.2, 0) is 0 Å². The third-order valence-electron chi connectivity index (χ3n) is 2.41. The third kappa shape index (κ3) is 4.46. The van der Waals surface area contributed by atoms with E-state index < -0.39 is 0 Å². The zero-order valence-electron chi connectivity index (χ0n) is 11.4. The van der Waals surface area contributed by atoms with E-state index in [1.165, 1.54) is 11.1 Å². The van der Waals surface area contributed by atoms with Gasteiger partial charge in [0.25, 0.3) is 5.91 Å². The van der Waals surface area contributed by atoms with Gasteiger partial charge in [-0.1, -0.05) is 0 Å². The lowest BCUT2D eigenvalue weighted by Gasteiger charge is -2.12. The van der Waals surface area contributed by atoms with Crippen molar-refractivity contribution >= 4 is 17.6 Å². The maximum absolute atomic E-state index is 11.8. The van der Waals surface area contributed by atoms with Crippen molar-refractivity contribution in [1.29, 1.82) is 0 Å². The Balaban J connectivity index is 2.41. The first-order valence-corrected chi connectivity index (χ1v) is 5.87. The van der Waals surface area contributed by atoms with Crippen LogP contribution in [0, 0.1) is 6.92 Å². The van der Waals surface area contributed by atoms with Crippen molar-refractivity contribution in [2.45, 2.75) is 6.92 Å². The summed E-state index contributed by atoms with van der Waals surface area (Å²) in [7, 11) is 3.29. The molecule has 104 valence electrons. The number of hydrogen-bond acceptors (Lipinski definition) is 4. The van der Waals surface area contributed by atoms with Gasteiger partial charge in [0.2, 0.25) is 0 Å². The molecule has 1 aromatic heterocycles. The predicted octanol–water partition coefficient (Wildman–Crippen LogP) is -0.0268. The van der Waals surface area contributed by atoms with Crippen LogP contribution in [0.25, 0.3) is 0 Å². The van der Waals surface area contributed by atoms with Crippen molar-refractivity contribution in [1.82, 2.24) is 20.5 Å². The molecule has 19 heavy (non-hydrogen) atoms. The molecule has 7 heteroatoms. The molecule has 0 spiro atoms. The first-order valence-electron chi connectivity index (χ1n) is 5.87. The lowest BCUT2D eigenvalue weighted by Crippen LogP contribution is -2.39. The van der Waals surface area contributed by atoms with E-state index in [9.17, 15) is 9.59 Å². The second-order valence-electron chi connectivity index (χ2n) is 4.30. The largest absolute Gasteiger partial charge is 0.398 e. The Morgan fingerprint density at radius 1 is 1.32 bits per heavy atom. The zero-order valence-corrected chi connectivity index (χ0v) is 11.4. The molecule has 4 N–H and O–H groups in total. The minimum absolute atomic E-state index is 0.203. The van der Waals surface area contributed by atoms with Crippen molar-refractivity contribution in [3.05, 3.63) is 23.5 Å². The molecule has 3 amide bonds. The van der Waals surface area contributed by atoms with Crippen LogP contribution in [0.15, 0.2) is 12.3 Å². The summed E-state index contributed by atoms with van der Waals surface area (Å²) in [6.45, 7) is 2.47. The molecule has 0 unspecified atom stereocenters. The zero-order chi connectivity index (χ0) is 14.4. The van der Waals surface area contributed by atoms with Crippen molar-refractivity contribution in [2.75, 3.05) is 32.9 Å². The fourth-order valence-electron chi connectivity index (χ4n) is 1.37. The summed E-state index contributed by atoms with van der Waals surface area (Å²) in [6, 6.07) is 1.44. The Labute approximate surface area is 112 Å². The SMILES string of the molecule is Cc1cc(N)c(C(=O)NCCNC(=O)N(C)C)cn1. The van der Waals surface area contributed by atoms with Crippen molar-refractivity contribution < 1.29 is 9.59 Å². The molecule has 7 nitrogen and oxygen atoms in total. The van der Waals surface area contributed by atoms with E-state index in [4.69, 9.17) is 5.73 Å². The lowest BCUT2D eigenvalue weighted by atomic mass is 10.2. The standard InChI is InChI=1S/C12H19N5O2/c1-8-6-10(13)9(7-16-8)11(18)14-4-5-15-12(19)17(2)3/h6-7H,4-5H2,1-3H3,(H2,13,16)(H,14,18)(H,15,19). The van der Waals surface area contributed by atoms with E-state index in [0.29, 0.717) is 24.3 Å². The number of hydrogen-bond donors (Lipinski definition) is 3. The van der Waals surface area contributed by atoms with Gasteiger partial charge >= 0.3 is 6.03 Å². The smallest absolute Gasteiger partial charge is 0.316 e. The van der Waals surface area contributed by atoms with Crippen molar-refractivity contribution in [3.63, 3.8) is 0 Å². The fraction of sp³-hybridized carbons (Fsp3) is 0.417. The fourth-order valence-corrected chi connectivity index (χ4v) is 1.37. The highest BCUT2D eigenvalue weighted by Gasteiger charge is 2.10. The summed E-state index contributed by atoms with van der Waals surface area (Å²) >= 11 is 0. The molecule has 0 aliphatic carbocycles. The van der Waals surface area contributed by atoms with Gasteiger partial charge in [0.15, 0.2) is 0 Å². The summed E-state index contributed by atoms with van der Waals surface area (Å²) in [4.78, 5) is 28.5. The molecule has 0 bridgehead atoms. The molecule has 0 aliphatic heterocycles. The number of nitrogen functional groups attached to an aromatic ring is 1. The molecule has 0 saturated heterocycles. The highest BCUT2D eigenvalue weighted by atomic mass is 16.2. The number of rotatable bonds is 4. The minimum atomic E-state index is -0.302. The van der Waals surface area contributed by atoms with Gasteiger partial charge in [-0.2, -0.15) is 0 Å². The first kappa shape index (κ1) is 14.7. The third-order valence-corrected chi connectivity index (χ3v) is 2.41. The Hall–Kier alpha value is -2.31. The molecule has 0 saturated carbocycles. The molecule has 0 fully saturated rings. The molecule has 1 aromatic rings. The Kier molecular flexibility index (Phi) is 5.11. The summed E-state index contributed by atoms with van der Waals surface area (Å²) in [5.41, 5.74) is 7.22. The molecular formula is C12H19N5O2. The molecule has 0 aliphatic rings. The average molecular weight is 265 g/mol. The van der Waals surface area contributed by atoms with E-state index in [2.05, 4.69) is 15.6 Å². The number of nitrogens with one attached hydrogen (secondary N) is 2. The van der Waals surface area contributed by atoms with Crippen LogP contribution >= 0.6 is 0 Å². The first-order chi connectivity index (χ1) is 8.91. The molecule has 0 aromatic carbocycles. The van der Waals surface area contributed by atoms with Gasteiger partial charge in [-0.3, -0.25) is 9.78 Å². The number of aromatic nitrogens is 1. The van der Waals surface area contributed by atoms with Crippen LogP contribution in [-0.4, -0.2) is 49.0 Å². The van der Waals surface area contributed by atoms with Gasteiger partial charge in [0, 0.05) is 44.8 Å². The Morgan fingerprint density at radius 2 is 1.95 bits per heavy atom. The van der Waals surface area contributed by atoms with E-state index in [-0.39, 0.29) is 11.9 Å². The number of carbonyl (C=O) groups excluding carboxylic acids is 2. The number of anilines is 1. The van der Waals surface area contributed by atoms with Gasteiger partial charge in [-0.05, 0) is 13.0 Å². The van der Waals surface area contributed by atoms with Crippen LogP contribution in [0.1, 0.15) is 16.1 Å². The quantitative estimate of drug-likeness (QED) is 0.666. The average Bonchev–Trinajstić information content (AvgIpc) is 2.33. The van der Waals surface area contributed by atoms with Gasteiger partial charge in [0.1, 0.15) is 0 Å². The topological polar surface area (TPSA) is 100 Å². The van der Waals surface area contributed by atoms with E-state index in [1.54, 1.807) is 27.1 Å². The van der Waals surface area contributed by atoms with E-state index >= 15 is 0 Å². The van der Waals surface area contributed by atoms with Crippen molar-refractivity contribution in [2.24, 2.45) is 0 Å². The van der Waals surface area contributed by atoms with Gasteiger partial charge in [-0.15, -0.1) is 0 Å². The number of pyridine rings is 1. The minimum Gasteiger partial charge on any atom is -0.398 e. The summed E-state index contributed by atoms with van der Waals surface area (Å²) in [5.74, 6) is -0.302. The molecule has 0 atom stereocenters. The highest BCUT2D eigenvalue weighted by Crippen LogP contribution is 2.10. The molecular weight excluding hydrogens is 246 g/mol. The van der Waals surface area contributed by atoms with Crippen LogP contribution in [0.5, 0.6) is 0 Å². The summed E-state index contributed by atoms with van der Waals surface area (Å²) < 4.78 is 0. The van der Waals surface area contributed by atoms with Gasteiger partial charge < -0.3 is 21.3 Å². The molecule has 0 radical (unpaired) electrons. The van der Waals surface area contributed by atoms with E-state index in [0.717, 1.165) is 5.69 Å². The summed E-state index contributed by atoms with van der Waals surface area (Å²) in [5, 5.41) is 5.30. The van der Waals surface area contributed by atoms with Crippen LogP contribution in [0.4, 0.5) is 10.5 Å². The number of nitrogens with two attached hydrogens (primary N) is 1. The number of nitrogens with zero attached hydrogens (tertiary/aromatic N) is 2. The van der Waals surface area contributed by atoms with Crippen LogP contribution in [0.2, 0.25) is 0 Å². The Morgan fingerprint density at radius 3 is 2.53 bits per heavy atom.